The molecular formula is C24H22FN3O2S. The first-order chi connectivity index (χ1) is 14.9. The average molecular weight is 436 g/mol. The number of rotatable bonds is 6. The number of thiazole rings is 1. The van der Waals surface area contributed by atoms with E-state index in [9.17, 15) is 14.0 Å². The minimum Gasteiger partial charge on any atom is -0.322 e. The van der Waals surface area contributed by atoms with Crippen LogP contribution in [-0.4, -0.2) is 15.9 Å². The molecule has 1 atom stereocenters. The van der Waals surface area contributed by atoms with E-state index in [1.54, 1.807) is 29.8 Å². The Labute approximate surface area is 183 Å². The summed E-state index contributed by atoms with van der Waals surface area (Å²) in [6, 6.07) is 13.9. The van der Waals surface area contributed by atoms with Gasteiger partial charge >= 0.3 is 0 Å². The smallest absolute Gasteiger partial charge is 0.251 e. The predicted octanol–water partition coefficient (Wildman–Crippen LogP) is 5.56. The molecule has 0 aliphatic rings. The minimum absolute atomic E-state index is 0.0868. The first-order valence-electron chi connectivity index (χ1n) is 10.0. The van der Waals surface area contributed by atoms with Crippen molar-refractivity contribution in [3.05, 3.63) is 81.8 Å². The molecule has 1 amide bonds. The van der Waals surface area contributed by atoms with E-state index in [4.69, 9.17) is 0 Å². The Bertz CT molecular complexity index is 1280. The van der Waals surface area contributed by atoms with Crippen molar-refractivity contribution < 1.29 is 9.18 Å². The van der Waals surface area contributed by atoms with Crippen LogP contribution in [0, 0.1) is 11.7 Å². The molecule has 4 rings (SSSR count). The molecule has 1 unspecified atom stereocenters. The van der Waals surface area contributed by atoms with Crippen LogP contribution in [0.15, 0.2) is 64.9 Å². The second-order valence-corrected chi connectivity index (χ2v) is 8.67. The number of carbonyl (C=O) groups excluding carboxylic acids is 1. The first-order valence-corrected chi connectivity index (χ1v) is 10.9. The number of amides is 1. The van der Waals surface area contributed by atoms with Crippen molar-refractivity contribution in [2.75, 3.05) is 5.32 Å². The van der Waals surface area contributed by atoms with Crippen LogP contribution < -0.4 is 10.9 Å². The second kappa shape index (κ2) is 8.81. The molecule has 0 saturated carbocycles. The highest BCUT2D eigenvalue weighted by atomic mass is 32.1. The van der Waals surface area contributed by atoms with Gasteiger partial charge < -0.3 is 10.3 Å². The molecule has 2 N–H and O–H groups in total. The van der Waals surface area contributed by atoms with Gasteiger partial charge in [0.15, 0.2) is 5.13 Å². The van der Waals surface area contributed by atoms with Gasteiger partial charge in [-0.05, 0) is 35.1 Å². The monoisotopic (exact) mass is 435 g/mol. The third kappa shape index (κ3) is 4.56. The van der Waals surface area contributed by atoms with E-state index in [2.05, 4.69) is 15.3 Å². The van der Waals surface area contributed by atoms with Crippen LogP contribution >= 0.6 is 11.3 Å². The number of carbonyl (C=O) groups is 1. The van der Waals surface area contributed by atoms with Gasteiger partial charge in [0.05, 0.1) is 0 Å². The van der Waals surface area contributed by atoms with Crippen molar-refractivity contribution in [1.29, 1.82) is 0 Å². The number of benzene rings is 2. The number of H-pyrrole nitrogens is 1. The van der Waals surface area contributed by atoms with Crippen LogP contribution in [-0.2, 0) is 4.79 Å². The molecular weight excluding hydrogens is 413 g/mol. The number of nitrogens with zero attached hydrogens (tertiary/aromatic N) is 1. The summed E-state index contributed by atoms with van der Waals surface area (Å²) in [6.07, 6.45) is 1.81. The standard InChI is InChI=1S/C24H22FN3O2S/c1-14(2)18(13-22(29)28-24-26-10-11-31-24)17-8-9-21(27-23(17)30)16-7-6-15-4-3-5-20(25)19(15)12-16/h3-12,14,18H,13H2,1-2H3,(H,27,30)(H,26,28,29). The normalized spacial score (nSPS) is 12.3. The number of halogens is 1. The minimum atomic E-state index is -0.301. The molecule has 4 aromatic rings. The summed E-state index contributed by atoms with van der Waals surface area (Å²) in [5.41, 5.74) is 1.64. The van der Waals surface area contributed by atoms with Crippen LogP contribution in [0.4, 0.5) is 9.52 Å². The lowest BCUT2D eigenvalue weighted by Crippen LogP contribution is -2.24. The highest BCUT2D eigenvalue weighted by Crippen LogP contribution is 2.29. The number of aromatic nitrogens is 2. The second-order valence-electron chi connectivity index (χ2n) is 7.77. The zero-order valence-electron chi connectivity index (χ0n) is 17.2. The molecule has 2 aromatic heterocycles. The van der Waals surface area contributed by atoms with E-state index in [-0.39, 0.29) is 35.5 Å². The first kappa shape index (κ1) is 20.9. The number of nitrogens with one attached hydrogen (secondary N) is 2. The topological polar surface area (TPSA) is 74.8 Å². The van der Waals surface area contributed by atoms with Crippen molar-refractivity contribution in [3.8, 4) is 11.3 Å². The summed E-state index contributed by atoms with van der Waals surface area (Å²) in [6.45, 7) is 3.97. The van der Waals surface area contributed by atoms with Crippen LogP contribution in [0.2, 0.25) is 0 Å². The summed E-state index contributed by atoms with van der Waals surface area (Å²) >= 11 is 1.35. The maximum Gasteiger partial charge on any atom is 0.251 e. The molecule has 0 saturated heterocycles. The highest BCUT2D eigenvalue weighted by molar-refractivity contribution is 7.13. The Hall–Kier alpha value is -3.32. The Kier molecular flexibility index (Phi) is 5.95. The SMILES string of the molecule is CC(C)C(CC(=O)Nc1nccs1)c1ccc(-c2ccc3cccc(F)c3c2)[nH]c1=O. The fourth-order valence-corrected chi connectivity index (χ4v) is 4.25. The molecule has 5 nitrogen and oxygen atoms in total. The van der Waals surface area contributed by atoms with Crippen LogP contribution in [0.25, 0.3) is 22.0 Å². The van der Waals surface area contributed by atoms with Crippen LogP contribution in [0.5, 0.6) is 0 Å². The molecule has 0 aliphatic heterocycles. The van der Waals surface area contributed by atoms with E-state index in [0.29, 0.717) is 21.8 Å². The molecule has 158 valence electrons. The Morgan fingerprint density at radius 2 is 2.03 bits per heavy atom. The van der Waals surface area contributed by atoms with Crippen molar-refractivity contribution in [2.45, 2.75) is 26.2 Å². The average Bonchev–Trinajstić information content (AvgIpc) is 3.25. The third-order valence-electron chi connectivity index (χ3n) is 5.37. The molecule has 2 heterocycles. The van der Waals surface area contributed by atoms with E-state index >= 15 is 0 Å². The number of fused-ring (bicyclic) bond motifs is 1. The van der Waals surface area contributed by atoms with Gasteiger partial charge in [-0.15, -0.1) is 11.3 Å². The summed E-state index contributed by atoms with van der Waals surface area (Å²) in [5, 5.41) is 6.41. The lowest BCUT2D eigenvalue weighted by Gasteiger charge is -2.20. The summed E-state index contributed by atoms with van der Waals surface area (Å²) in [4.78, 5) is 32.4. The van der Waals surface area contributed by atoms with Gasteiger partial charge in [-0.2, -0.15) is 0 Å². The lowest BCUT2D eigenvalue weighted by atomic mass is 9.86. The number of aromatic amines is 1. The largest absolute Gasteiger partial charge is 0.322 e. The zero-order chi connectivity index (χ0) is 22.0. The number of hydrogen-bond donors (Lipinski definition) is 2. The van der Waals surface area contributed by atoms with Crippen molar-refractivity contribution in [2.24, 2.45) is 5.92 Å². The van der Waals surface area contributed by atoms with Crippen LogP contribution in [0.1, 0.15) is 31.7 Å². The van der Waals surface area contributed by atoms with Gasteiger partial charge in [0.25, 0.3) is 5.56 Å². The van der Waals surface area contributed by atoms with E-state index in [0.717, 1.165) is 10.9 Å². The highest BCUT2D eigenvalue weighted by Gasteiger charge is 2.23. The number of anilines is 1. The fraction of sp³-hybridized carbons (Fsp3) is 0.208. The fourth-order valence-electron chi connectivity index (χ4n) is 3.71. The van der Waals surface area contributed by atoms with Crippen molar-refractivity contribution in [1.82, 2.24) is 9.97 Å². The van der Waals surface area contributed by atoms with E-state index in [1.165, 1.54) is 17.4 Å². The van der Waals surface area contributed by atoms with Gasteiger partial charge in [0, 0.05) is 40.6 Å². The molecule has 2 aromatic carbocycles. The van der Waals surface area contributed by atoms with Crippen molar-refractivity contribution >= 4 is 33.1 Å². The van der Waals surface area contributed by atoms with E-state index in [1.807, 2.05) is 38.1 Å². The van der Waals surface area contributed by atoms with Gasteiger partial charge in [-0.3, -0.25) is 9.59 Å². The molecule has 7 heteroatoms. The Morgan fingerprint density at radius 1 is 1.19 bits per heavy atom. The van der Waals surface area contributed by atoms with Crippen LogP contribution in [0.3, 0.4) is 0 Å². The van der Waals surface area contributed by atoms with Gasteiger partial charge in [-0.1, -0.05) is 44.2 Å². The molecule has 0 radical (unpaired) electrons. The lowest BCUT2D eigenvalue weighted by molar-refractivity contribution is -0.116. The molecule has 31 heavy (non-hydrogen) atoms. The summed E-state index contributed by atoms with van der Waals surface area (Å²) in [7, 11) is 0. The van der Waals surface area contributed by atoms with Gasteiger partial charge in [-0.25, -0.2) is 9.37 Å². The molecule has 0 spiro atoms. The summed E-state index contributed by atoms with van der Waals surface area (Å²) in [5.74, 6) is -0.637. The third-order valence-corrected chi connectivity index (χ3v) is 6.06. The quantitative estimate of drug-likeness (QED) is 0.416. The summed E-state index contributed by atoms with van der Waals surface area (Å²) < 4.78 is 14.2. The van der Waals surface area contributed by atoms with E-state index < -0.39 is 0 Å². The maximum atomic E-state index is 14.2. The zero-order valence-corrected chi connectivity index (χ0v) is 18.0. The Morgan fingerprint density at radius 3 is 2.74 bits per heavy atom. The molecule has 0 aliphatic carbocycles. The predicted molar refractivity (Wildman–Crippen MR) is 123 cm³/mol. The molecule has 0 fully saturated rings. The van der Waals surface area contributed by atoms with Gasteiger partial charge in [0.2, 0.25) is 5.91 Å². The maximum absolute atomic E-state index is 14.2. The number of hydrogen-bond acceptors (Lipinski definition) is 4. The van der Waals surface area contributed by atoms with Gasteiger partial charge in [0.1, 0.15) is 5.82 Å². The van der Waals surface area contributed by atoms with Crippen molar-refractivity contribution in [3.63, 3.8) is 0 Å². The molecule has 0 bridgehead atoms. The number of pyridine rings is 1. The Balaban J connectivity index is 1.61.